The van der Waals surface area contributed by atoms with Crippen LogP contribution in [0.15, 0.2) is 12.3 Å². The molecule has 6 nitrogen and oxygen atoms in total. The number of unbranched alkanes of at least 4 members (excludes halogenated alkanes) is 6. The molecule has 7 heteroatoms. The third-order valence-corrected chi connectivity index (χ3v) is 2.76. The molecule has 1 N–H and O–H groups in total. The Kier molecular flexibility index (Phi) is 10.4. The average Bonchev–Trinajstić information content (AvgIpc) is 2.33. The monoisotopic (exact) mass is 294 g/mol. The van der Waals surface area contributed by atoms with E-state index in [4.69, 9.17) is 4.55 Å². The SMILES string of the molecule is CCCCCCCCC=COC(=O)COS(=O)(=O)O. The van der Waals surface area contributed by atoms with Crippen molar-refractivity contribution in [1.82, 2.24) is 0 Å². The number of hydrogen-bond donors (Lipinski definition) is 1. The van der Waals surface area contributed by atoms with Crippen LogP contribution in [0.2, 0.25) is 0 Å². The lowest BCUT2D eigenvalue weighted by molar-refractivity contribution is -0.140. The average molecular weight is 294 g/mol. The summed E-state index contributed by atoms with van der Waals surface area (Å²) in [7, 11) is -4.59. The third kappa shape index (κ3) is 15.0. The van der Waals surface area contributed by atoms with Crippen LogP contribution >= 0.6 is 0 Å². The fraction of sp³-hybridized carbons (Fsp3) is 0.750. The molecule has 0 aromatic rings. The van der Waals surface area contributed by atoms with Crippen LogP contribution in [0.5, 0.6) is 0 Å². The fourth-order valence-corrected chi connectivity index (χ4v) is 1.64. The van der Waals surface area contributed by atoms with Crippen LogP contribution in [-0.4, -0.2) is 25.5 Å². The first-order valence-corrected chi connectivity index (χ1v) is 7.78. The van der Waals surface area contributed by atoms with Crippen LogP contribution < -0.4 is 0 Å². The van der Waals surface area contributed by atoms with E-state index in [1.165, 1.54) is 31.9 Å². The predicted molar refractivity (Wildman–Crippen MR) is 70.7 cm³/mol. The van der Waals surface area contributed by atoms with Gasteiger partial charge in [-0.25, -0.2) is 8.98 Å². The number of ether oxygens (including phenoxy) is 1. The summed E-state index contributed by atoms with van der Waals surface area (Å²) in [6.07, 6.45) is 10.8. The highest BCUT2D eigenvalue weighted by molar-refractivity contribution is 7.80. The molecule has 0 aliphatic carbocycles. The summed E-state index contributed by atoms with van der Waals surface area (Å²) < 4.78 is 37.0. The van der Waals surface area contributed by atoms with Gasteiger partial charge in [-0.15, -0.1) is 0 Å². The molecule has 0 radical (unpaired) electrons. The third-order valence-electron chi connectivity index (χ3n) is 2.35. The Bertz CT molecular complexity index is 360. The summed E-state index contributed by atoms with van der Waals surface area (Å²) in [6.45, 7) is 1.34. The lowest BCUT2D eigenvalue weighted by Crippen LogP contribution is -2.14. The summed E-state index contributed by atoms with van der Waals surface area (Å²) in [5.41, 5.74) is 0. The summed E-state index contributed by atoms with van der Waals surface area (Å²) in [4.78, 5) is 10.9. The highest BCUT2D eigenvalue weighted by Crippen LogP contribution is 2.07. The van der Waals surface area contributed by atoms with E-state index in [2.05, 4.69) is 15.8 Å². The number of allylic oxidation sites excluding steroid dienone is 1. The maximum atomic E-state index is 10.9. The Labute approximate surface area is 114 Å². The number of carbonyl (C=O) groups excluding carboxylic acids is 1. The second kappa shape index (κ2) is 11.0. The zero-order valence-electron chi connectivity index (χ0n) is 11.2. The smallest absolute Gasteiger partial charge is 0.397 e. The summed E-state index contributed by atoms with van der Waals surface area (Å²) in [5.74, 6) is -0.878. The fourth-order valence-electron chi connectivity index (χ4n) is 1.39. The van der Waals surface area contributed by atoms with E-state index in [1.807, 2.05) is 0 Å². The molecule has 0 aromatic carbocycles. The lowest BCUT2D eigenvalue weighted by atomic mass is 10.1. The predicted octanol–water partition coefficient (Wildman–Crippen LogP) is 2.61. The van der Waals surface area contributed by atoms with Crippen LogP contribution in [-0.2, 0) is 24.1 Å². The van der Waals surface area contributed by atoms with E-state index in [-0.39, 0.29) is 0 Å². The minimum Gasteiger partial charge on any atom is -0.433 e. The molecule has 0 aromatic heterocycles. The second-order valence-electron chi connectivity index (χ2n) is 4.11. The molecule has 0 aliphatic heterocycles. The summed E-state index contributed by atoms with van der Waals surface area (Å²) >= 11 is 0. The van der Waals surface area contributed by atoms with Gasteiger partial charge in [0.05, 0.1) is 6.26 Å². The maximum absolute atomic E-state index is 10.9. The van der Waals surface area contributed by atoms with Crippen molar-refractivity contribution < 1.29 is 26.7 Å². The van der Waals surface area contributed by atoms with Crippen molar-refractivity contribution in [2.75, 3.05) is 6.61 Å². The number of hydrogen-bond acceptors (Lipinski definition) is 5. The molecular formula is C12H22O6S. The zero-order chi connectivity index (χ0) is 14.6. The topological polar surface area (TPSA) is 89.9 Å². The number of rotatable bonds is 11. The van der Waals surface area contributed by atoms with Gasteiger partial charge in [-0.2, -0.15) is 8.42 Å². The molecule has 0 amide bonds. The van der Waals surface area contributed by atoms with Gasteiger partial charge in [0.2, 0.25) is 0 Å². The van der Waals surface area contributed by atoms with Gasteiger partial charge in [-0.3, -0.25) is 4.55 Å². The summed E-state index contributed by atoms with van der Waals surface area (Å²) in [5, 5.41) is 0. The van der Waals surface area contributed by atoms with Crippen LogP contribution in [0.25, 0.3) is 0 Å². The van der Waals surface area contributed by atoms with Crippen molar-refractivity contribution >= 4 is 16.4 Å². The van der Waals surface area contributed by atoms with E-state index >= 15 is 0 Å². The van der Waals surface area contributed by atoms with Gasteiger partial charge in [0.1, 0.15) is 0 Å². The molecule has 0 aliphatic rings. The molecule has 0 spiro atoms. The van der Waals surface area contributed by atoms with E-state index in [0.717, 1.165) is 19.3 Å². The van der Waals surface area contributed by atoms with Gasteiger partial charge >= 0.3 is 16.4 Å². The first-order chi connectivity index (χ1) is 8.95. The normalized spacial score (nSPS) is 11.9. The molecule has 0 saturated heterocycles. The van der Waals surface area contributed by atoms with E-state index in [0.29, 0.717) is 0 Å². The van der Waals surface area contributed by atoms with Gasteiger partial charge in [0.25, 0.3) is 0 Å². The molecular weight excluding hydrogens is 272 g/mol. The van der Waals surface area contributed by atoms with Gasteiger partial charge in [0.15, 0.2) is 6.61 Å². The van der Waals surface area contributed by atoms with Crippen molar-refractivity contribution in [1.29, 1.82) is 0 Å². The first kappa shape index (κ1) is 18.1. The summed E-state index contributed by atoms with van der Waals surface area (Å²) in [6, 6.07) is 0. The Morgan fingerprint density at radius 2 is 1.79 bits per heavy atom. The number of esters is 1. The zero-order valence-corrected chi connectivity index (χ0v) is 12.0. The minimum absolute atomic E-state index is 0.804. The Morgan fingerprint density at radius 1 is 1.16 bits per heavy atom. The van der Waals surface area contributed by atoms with Crippen LogP contribution in [0.3, 0.4) is 0 Å². The lowest BCUT2D eigenvalue weighted by Gasteiger charge is -1.99. The Morgan fingerprint density at radius 3 is 2.42 bits per heavy atom. The molecule has 0 bridgehead atoms. The van der Waals surface area contributed by atoms with Crippen molar-refractivity contribution in [2.45, 2.75) is 51.9 Å². The van der Waals surface area contributed by atoms with Crippen LogP contribution in [0, 0.1) is 0 Å². The Balaban J connectivity index is 3.45. The maximum Gasteiger partial charge on any atom is 0.397 e. The molecule has 0 rings (SSSR count). The molecule has 0 saturated carbocycles. The van der Waals surface area contributed by atoms with Crippen molar-refractivity contribution in [3.05, 3.63) is 12.3 Å². The van der Waals surface area contributed by atoms with Gasteiger partial charge in [-0.05, 0) is 18.9 Å². The largest absolute Gasteiger partial charge is 0.433 e. The van der Waals surface area contributed by atoms with E-state index in [9.17, 15) is 13.2 Å². The minimum atomic E-state index is -4.59. The van der Waals surface area contributed by atoms with Gasteiger partial charge < -0.3 is 4.74 Å². The van der Waals surface area contributed by atoms with Crippen LogP contribution in [0.1, 0.15) is 51.9 Å². The van der Waals surface area contributed by atoms with E-state index < -0.39 is 23.0 Å². The molecule has 0 unspecified atom stereocenters. The molecule has 0 fully saturated rings. The van der Waals surface area contributed by atoms with Crippen LogP contribution in [0.4, 0.5) is 0 Å². The second-order valence-corrected chi connectivity index (χ2v) is 5.20. The quantitative estimate of drug-likeness (QED) is 0.273. The highest BCUT2D eigenvalue weighted by atomic mass is 32.3. The Hall–Kier alpha value is -0.920. The van der Waals surface area contributed by atoms with E-state index in [1.54, 1.807) is 6.08 Å². The van der Waals surface area contributed by atoms with Crippen molar-refractivity contribution in [3.63, 3.8) is 0 Å². The highest BCUT2D eigenvalue weighted by Gasteiger charge is 2.09. The van der Waals surface area contributed by atoms with Crippen molar-refractivity contribution in [2.24, 2.45) is 0 Å². The molecule has 19 heavy (non-hydrogen) atoms. The first-order valence-electron chi connectivity index (χ1n) is 6.42. The number of carbonyl (C=O) groups is 1. The molecule has 0 heterocycles. The van der Waals surface area contributed by atoms with Crippen molar-refractivity contribution in [3.8, 4) is 0 Å². The van der Waals surface area contributed by atoms with Gasteiger partial charge in [0, 0.05) is 0 Å². The van der Waals surface area contributed by atoms with Gasteiger partial charge in [-0.1, -0.05) is 39.0 Å². The molecule has 0 atom stereocenters. The standard InChI is InChI=1S/C12H22O6S/c1-2-3-4-5-6-7-8-9-10-17-12(13)11-18-19(14,15)16/h9-10H,2-8,11H2,1H3,(H,14,15,16). The molecule has 112 valence electrons.